The van der Waals surface area contributed by atoms with Gasteiger partial charge in [0.25, 0.3) is 11.1 Å². The molecule has 130 valence electrons. The van der Waals surface area contributed by atoms with E-state index in [9.17, 15) is 4.79 Å². The van der Waals surface area contributed by atoms with Crippen molar-refractivity contribution in [3.05, 3.63) is 47.3 Å². The van der Waals surface area contributed by atoms with Crippen LogP contribution < -0.4 is 5.32 Å². The molecule has 0 bridgehead atoms. The fraction of sp³-hybridized carbons (Fsp3) is 0.278. The SMILES string of the molecule is CC(C)c1ccccc1NC(=O)[C@@H](C)Sc1nnc(-c2cccs2)o1. The average Bonchev–Trinajstić information content (AvgIpc) is 3.26. The number of hydrogen-bond acceptors (Lipinski definition) is 6. The Balaban J connectivity index is 1.65. The predicted octanol–water partition coefficient (Wildman–Crippen LogP) is 5.04. The van der Waals surface area contributed by atoms with Crippen LogP contribution in [0.2, 0.25) is 0 Å². The summed E-state index contributed by atoms with van der Waals surface area (Å²) < 4.78 is 5.63. The normalized spacial score (nSPS) is 12.3. The largest absolute Gasteiger partial charge is 0.410 e. The van der Waals surface area contributed by atoms with Crippen molar-refractivity contribution in [1.29, 1.82) is 0 Å². The number of hydrogen-bond donors (Lipinski definition) is 1. The number of anilines is 1. The molecule has 0 fully saturated rings. The van der Waals surface area contributed by atoms with Crippen LogP contribution in [0.5, 0.6) is 0 Å². The average molecular weight is 374 g/mol. The van der Waals surface area contributed by atoms with Crippen LogP contribution in [0, 0.1) is 0 Å². The molecule has 0 aliphatic heterocycles. The van der Waals surface area contributed by atoms with Gasteiger partial charge in [-0.05, 0) is 35.9 Å². The molecule has 1 atom stereocenters. The highest BCUT2D eigenvalue weighted by Gasteiger charge is 2.20. The molecule has 2 heterocycles. The lowest BCUT2D eigenvalue weighted by Crippen LogP contribution is -2.23. The Kier molecular flexibility index (Phi) is 5.55. The zero-order chi connectivity index (χ0) is 17.8. The lowest BCUT2D eigenvalue weighted by molar-refractivity contribution is -0.115. The van der Waals surface area contributed by atoms with Crippen molar-refractivity contribution in [2.45, 2.75) is 37.2 Å². The second kappa shape index (κ2) is 7.84. The number of rotatable bonds is 6. The van der Waals surface area contributed by atoms with Gasteiger partial charge in [0.2, 0.25) is 5.91 Å². The molecule has 7 heteroatoms. The molecule has 1 N–H and O–H groups in total. The maximum atomic E-state index is 12.5. The van der Waals surface area contributed by atoms with Crippen LogP contribution in [0.1, 0.15) is 32.3 Å². The van der Waals surface area contributed by atoms with Crippen LogP contribution in [0.4, 0.5) is 5.69 Å². The molecule has 0 aliphatic carbocycles. The number of para-hydroxylation sites is 1. The summed E-state index contributed by atoms with van der Waals surface area (Å²) in [6.45, 7) is 6.04. The summed E-state index contributed by atoms with van der Waals surface area (Å²) in [7, 11) is 0. The van der Waals surface area contributed by atoms with E-state index >= 15 is 0 Å². The number of thioether (sulfide) groups is 1. The molecule has 3 rings (SSSR count). The molecular weight excluding hydrogens is 354 g/mol. The summed E-state index contributed by atoms with van der Waals surface area (Å²) in [5, 5.41) is 13.0. The first-order valence-electron chi connectivity index (χ1n) is 7.98. The summed E-state index contributed by atoms with van der Waals surface area (Å²) in [6, 6.07) is 11.7. The van der Waals surface area contributed by atoms with Gasteiger partial charge in [0.15, 0.2) is 0 Å². The smallest absolute Gasteiger partial charge is 0.277 e. The van der Waals surface area contributed by atoms with E-state index in [1.165, 1.54) is 23.1 Å². The Morgan fingerprint density at radius 1 is 1.16 bits per heavy atom. The molecule has 0 saturated carbocycles. The van der Waals surface area contributed by atoms with Gasteiger partial charge >= 0.3 is 0 Å². The van der Waals surface area contributed by atoms with E-state index in [4.69, 9.17) is 4.42 Å². The van der Waals surface area contributed by atoms with Gasteiger partial charge in [0.05, 0.1) is 10.1 Å². The second-order valence-electron chi connectivity index (χ2n) is 5.84. The molecule has 0 unspecified atom stereocenters. The summed E-state index contributed by atoms with van der Waals surface area (Å²) >= 11 is 2.79. The number of carbonyl (C=O) groups is 1. The third-order valence-corrected chi connectivity index (χ3v) is 5.42. The lowest BCUT2D eigenvalue weighted by atomic mass is 10.0. The van der Waals surface area contributed by atoms with E-state index in [0.29, 0.717) is 17.0 Å². The van der Waals surface area contributed by atoms with Gasteiger partial charge < -0.3 is 9.73 Å². The molecule has 0 saturated heterocycles. The fourth-order valence-corrected chi connectivity index (χ4v) is 3.64. The minimum absolute atomic E-state index is 0.0889. The first kappa shape index (κ1) is 17.7. The molecule has 0 aliphatic rings. The first-order chi connectivity index (χ1) is 12.0. The number of thiophene rings is 1. The third kappa shape index (κ3) is 4.29. The number of benzene rings is 1. The standard InChI is InChI=1S/C18H19N3O2S2/c1-11(2)13-7-4-5-8-14(13)19-16(22)12(3)25-18-21-20-17(23-18)15-9-6-10-24-15/h4-12H,1-3H3,(H,19,22)/t12-/m1/s1. The van der Waals surface area contributed by atoms with Crippen LogP contribution in [0.25, 0.3) is 10.8 Å². The van der Waals surface area contributed by atoms with Gasteiger partial charge in [-0.1, -0.05) is 49.9 Å². The highest BCUT2D eigenvalue weighted by molar-refractivity contribution is 8.00. The van der Waals surface area contributed by atoms with Crippen molar-refractivity contribution >= 4 is 34.7 Å². The van der Waals surface area contributed by atoms with E-state index in [1.807, 2.05) is 48.7 Å². The minimum Gasteiger partial charge on any atom is -0.410 e. The van der Waals surface area contributed by atoms with Crippen molar-refractivity contribution in [3.63, 3.8) is 0 Å². The quantitative estimate of drug-likeness (QED) is 0.613. The van der Waals surface area contributed by atoms with Crippen LogP contribution in [0.15, 0.2) is 51.4 Å². The zero-order valence-electron chi connectivity index (χ0n) is 14.2. The van der Waals surface area contributed by atoms with E-state index in [1.54, 1.807) is 0 Å². The van der Waals surface area contributed by atoms with Crippen LogP contribution >= 0.6 is 23.1 Å². The Bertz CT molecular complexity index is 844. The van der Waals surface area contributed by atoms with Crippen molar-refractivity contribution < 1.29 is 9.21 Å². The van der Waals surface area contributed by atoms with E-state index in [2.05, 4.69) is 29.4 Å². The highest BCUT2D eigenvalue weighted by atomic mass is 32.2. The minimum atomic E-state index is -0.350. The Morgan fingerprint density at radius 2 is 1.96 bits per heavy atom. The zero-order valence-corrected chi connectivity index (χ0v) is 15.9. The van der Waals surface area contributed by atoms with E-state index in [-0.39, 0.29) is 11.2 Å². The van der Waals surface area contributed by atoms with E-state index < -0.39 is 0 Å². The van der Waals surface area contributed by atoms with Gasteiger partial charge in [-0.2, -0.15) is 0 Å². The molecular formula is C18H19N3O2S2. The summed E-state index contributed by atoms with van der Waals surface area (Å²) in [6.07, 6.45) is 0. The monoisotopic (exact) mass is 373 g/mol. The highest BCUT2D eigenvalue weighted by Crippen LogP contribution is 2.29. The predicted molar refractivity (Wildman–Crippen MR) is 102 cm³/mol. The molecule has 0 spiro atoms. The number of carbonyl (C=O) groups excluding carboxylic acids is 1. The number of nitrogens with one attached hydrogen (secondary N) is 1. The van der Waals surface area contributed by atoms with Crippen molar-refractivity contribution in [2.75, 3.05) is 5.32 Å². The first-order valence-corrected chi connectivity index (χ1v) is 9.74. The molecule has 2 aromatic heterocycles. The van der Waals surface area contributed by atoms with Gasteiger partial charge in [-0.15, -0.1) is 21.5 Å². The van der Waals surface area contributed by atoms with Crippen molar-refractivity contribution in [3.8, 4) is 10.8 Å². The third-order valence-electron chi connectivity index (χ3n) is 3.63. The molecule has 3 aromatic rings. The van der Waals surface area contributed by atoms with Crippen molar-refractivity contribution in [1.82, 2.24) is 10.2 Å². The topological polar surface area (TPSA) is 68.0 Å². The van der Waals surface area contributed by atoms with Crippen LogP contribution in [-0.4, -0.2) is 21.4 Å². The maximum Gasteiger partial charge on any atom is 0.277 e. The molecule has 5 nitrogen and oxygen atoms in total. The van der Waals surface area contributed by atoms with Gasteiger partial charge in [-0.3, -0.25) is 4.79 Å². The Morgan fingerprint density at radius 3 is 2.68 bits per heavy atom. The molecule has 1 amide bonds. The van der Waals surface area contributed by atoms with Gasteiger partial charge in [0, 0.05) is 5.69 Å². The number of aromatic nitrogens is 2. The molecule has 0 radical (unpaired) electrons. The second-order valence-corrected chi connectivity index (χ2v) is 8.08. The number of nitrogens with zero attached hydrogens (tertiary/aromatic N) is 2. The summed E-state index contributed by atoms with van der Waals surface area (Å²) in [5.74, 6) is 0.730. The Labute approximate surface area is 154 Å². The van der Waals surface area contributed by atoms with Gasteiger partial charge in [0.1, 0.15) is 0 Å². The van der Waals surface area contributed by atoms with Crippen LogP contribution in [0.3, 0.4) is 0 Å². The lowest BCUT2D eigenvalue weighted by Gasteiger charge is -2.15. The van der Waals surface area contributed by atoms with Gasteiger partial charge in [-0.25, -0.2) is 0 Å². The fourth-order valence-electron chi connectivity index (χ4n) is 2.31. The molecule has 1 aromatic carbocycles. The summed E-state index contributed by atoms with van der Waals surface area (Å²) in [5.41, 5.74) is 1.96. The Hall–Kier alpha value is -2.12. The summed E-state index contributed by atoms with van der Waals surface area (Å²) in [4.78, 5) is 13.4. The van der Waals surface area contributed by atoms with Crippen LogP contribution in [-0.2, 0) is 4.79 Å². The van der Waals surface area contributed by atoms with E-state index in [0.717, 1.165) is 16.1 Å². The maximum absolute atomic E-state index is 12.5. The molecule has 25 heavy (non-hydrogen) atoms. The van der Waals surface area contributed by atoms with Crippen molar-refractivity contribution in [2.24, 2.45) is 0 Å². The number of amides is 1.